The number of ether oxygens (including phenoxy) is 1. The average Bonchev–Trinajstić information content (AvgIpc) is 2.87. The monoisotopic (exact) mass is 216 g/mol. The lowest BCUT2D eigenvalue weighted by Crippen LogP contribution is -2.13. The van der Waals surface area contributed by atoms with E-state index in [9.17, 15) is 0 Å². The summed E-state index contributed by atoms with van der Waals surface area (Å²) in [5.74, 6) is 0.937. The normalized spacial score (nSPS) is 25.9. The third-order valence-corrected chi connectivity index (χ3v) is 3.15. The van der Waals surface area contributed by atoms with Gasteiger partial charge >= 0.3 is 0 Å². The highest BCUT2D eigenvalue weighted by atomic mass is 79.9. The predicted molar refractivity (Wildman–Crippen MR) is 49.0 cm³/mol. The summed E-state index contributed by atoms with van der Waals surface area (Å²) in [7, 11) is 0. The van der Waals surface area contributed by atoms with E-state index in [2.05, 4.69) is 15.9 Å². The first-order chi connectivity index (χ1) is 5.42. The molecule has 1 fully saturated rings. The Morgan fingerprint density at radius 3 is 2.91 bits per heavy atom. The molecule has 0 N–H and O–H groups in total. The predicted octanol–water partition coefficient (Wildman–Crippen LogP) is 2.51. The molecule has 2 heteroatoms. The lowest BCUT2D eigenvalue weighted by Gasteiger charge is -2.19. The van der Waals surface area contributed by atoms with Crippen LogP contribution in [-0.4, -0.2) is 18.5 Å². The molecule has 1 aliphatic heterocycles. The Morgan fingerprint density at radius 2 is 2.27 bits per heavy atom. The second kappa shape index (κ2) is 3.28. The van der Waals surface area contributed by atoms with Gasteiger partial charge in [0.2, 0.25) is 0 Å². The Balaban J connectivity index is 2.13. The van der Waals surface area contributed by atoms with E-state index in [1.807, 2.05) is 0 Å². The fourth-order valence-electron chi connectivity index (χ4n) is 1.70. The summed E-state index contributed by atoms with van der Waals surface area (Å²) in [6.07, 6.45) is 4.03. The minimum atomic E-state index is 0.872. The van der Waals surface area contributed by atoms with Crippen molar-refractivity contribution in [3.05, 3.63) is 11.1 Å². The third-order valence-electron chi connectivity index (χ3n) is 2.48. The Labute approximate surface area is 75.9 Å². The number of rotatable bonds is 2. The molecule has 1 saturated carbocycles. The van der Waals surface area contributed by atoms with Gasteiger partial charge in [0.1, 0.15) is 0 Å². The molecule has 1 heterocycles. The molecule has 0 bridgehead atoms. The summed E-state index contributed by atoms with van der Waals surface area (Å²) >= 11 is 3.51. The van der Waals surface area contributed by atoms with Gasteiger partial charge in [-0.15, -0.1) is 0 Å². The third kappa shape index (κ3) is 1.67. The molecule has 1 nitrogen and oxygen atoms in total. The second-order valence-corrected chi connectivity index (χ2v) is 3.90. The number of hydrogen-bond acceptors (Lipinski definition) is 1. The Morgan fingerprint density at radius 1 is 1.45 bits per heavy atom. The van der Waals surface area contributed by atoms with E-state index in [1.165, 1.54) is 24.8 Å². The number of alkyl halides is 1. The molecule has 0 amide bonds. The molecule has 0 spiro atoms. The van der Waals surface area contributed by atoms with Crippen molar-refractivity contribution >= 4 is 15.9 Å². The maximum atomic E-state index is 5.39. The van der Waals surface area contributed by atoms with Gasteiger partial charge in [0.05, 0.1) is 13.2 Å². The maximum Gasteiger partial charge on any atom is 0.0687 e. The molecule has 2 rings (SSSR count). The zero-order valence-electron chi connectivity index (χ0n) is 6.61. The van der Waals surface area contributed by atoms with Gasteiger partial charge in [0.25, 0.3) is 0 Å². The molecule has 62 valence electrons. The van der Waals surface area contributed by atoms with E-state index in [0.717, 1.165) is 24.5 Å². The minimum absolute atomic E-state index is 0.872. The highest BCUT2D eigenvalue weighted by molar-refractivity contribution is 9.09. The van der Waals surface area contributed by atoms with Crippen molar-refractivity contribution in [2.45, 2.75) is 19.3 Å². The van der Waals surface area contributed by atoms with Crippen LogP contribution in [0.2, 0.25) is 0 Å². The number of halogens is 1. The molecular formula is C9H13BrO. The zero-order chi connectivity index (χ0) is 7.68. The van der Waals surface area contributed by atoms with Gasteiger partial charge in [-0.25, -0.2) is 0 Å². The molecule has 0 radical (unpaired) electrons. The smallest absolute Gasteiger partial charge is 0.0687 e. The molecule has 0 aromatic rings. The summed E-state index contributed by atoms with van der Waals surface area (Å²) in [6, 6.07) is 0. The van der Waals surface area contributed by atoms with Crippen LogP contribution >= 0.6 is 15.9 Å². The fraction of sp³-hybridized carbons (Fsp3) is 0.778. The van der Waals surface area contributed by atoms with Crippen LogP contribution in [0.3, 0.4) is 0 Å². The molecule has 1 aliphatic carbocycles. The van der Waals surface area contributed by atoms with Crippen LogP contribution in [0.4, 0.5) is 0 Å². The molecule has 0 unspecified atom stereocenters. The van der Waals surface area contributed by atoms with Crippen LogP contribution in [0.15, 0.2) is 11.1 Å². The van der Waals surface area contributed by atoms with E-state index in [-0.39, 0.29) is 0 Å². The first-order valence-corrected chi connectivity index (χ1v) is 5.38. The lowest BCUT2D eigenvalue weighted by molar-refractivity contribution is 0.145. The Kier molecular flexibility index (Phi) is 2.33. The van der Waals surface area contributed by atoms with Crippen LogP contribution < -0.4 is 0 Å². The van der Waals surface area contributed by atoms with Gasteiger partial charge < -0.3 is 4.74 Å². The van der Waals surface area contributed by atoms with Crippen LogP contribution in [-0.2, 0) is 4.74 Å². The SMILES string of the molecule is BrCC1=C(C2CC2)CCOC1. The number of hydrogen-bond donors (Lipinski definition) is 0. The molecule has 2 aliphatic rings. The molecular weight excluding hydrogens is 204 g/mol. The van der Waals surface area contributed by atoms with E-state index in [1.54, 1.807) is 5.57 Å². The molecule has 0 aromatic carbocycles. The minimum Gasteiger partial charge on any atom is -0.377 e. The van der Waals surface area contributed by atoms with Gasteiger partial charge in [-0.1, -0.05) is 21.5 Å². The summed E-state index contributed by atoms with van der Waals surface area (Å²) in [5, 5.41) is 1.01. The first kappa shape index (κ1) is 7.81. The lowest BCUT2D eigenvalue weighted by atomic mass is 10.0. The van der Waals surface area contributed by atoms with Gasteiger partial charge in [0.15, 0.2) is 0 Å². The van der Waals surface area contributed by atoms with E-state index in [0.29, 0.717) is 0 Å². The Bertz CT molecular complexity index is 182. The van der Waals surface area contributed by atoms with Crippen molar-refractivity contribution in [3.63, 3.8) is 0 Å². The highest BCUT2D eigenvalue weighted by Gasteiger charge is 2.29. The largest absolute Gasteiger partial charge is 0.377 e. The van der Waals surface area contributed by atoms with Gasteiger partial charge in [0, 0.05) is 5.33 Å². The summed E-state index contributed by atoms with van der Waals surface area (Å²) < 4.78 is 5.39. The molecule has 0 aromatic heterocycles. The van der Waals surface area contributed by atoms with Crippen LogP contribution in [0.5, 0.6) is 0 Å². The average molecular weight is 217 g/mol. The zero-order valence-corrected chi connectivity index (χ0v) is 8.19. The first-order valence-electron chi connectivity index (χ1n) is 4.26. The van der Waals surface area contributed by atoms with Gasteiger partial charge in [-0.3, -0.25) is 0 Å². The summed E-state index contributed by atoms with van der Waals surface area (Å²) in [6.45, 7) is 1.82. The van der Waals surface area contributed by atoms with E-state index >= 15 is 0 Å². The van der Waals surface area contributed by atoms with Crippen molar-refractivity contribution < 1.29 is 4.74 Å². The van der Waals surface area contributed by atoms with Gasteiger partial charge in [-0.05, 0) is 30.8 Å². The summed E-state index contributed by atoms with van der Waals surface area (Å²) in [4.78, 5) is 0. The van der Waals surface area contributed by atoms with Gasteiger partial charge in [-0.2, -0.15) is 0 Å². The van der Waals surface area contributed by atoms with Crippen LogP contribution in [0.1, 0.15) is 19.3 Å². The van der Waals surface area contributed by atoms with Crippen molar-refractivity contribution in [2.24, 2.45) is 5.92 Å². The summed E-state index contributed by atoms with van der Waals surface area (Å²) in [5.41, 5.74) is 3.21. The molecule has 0 saturated heterocycles. The topological polar surface area (TPSA) is 9.23 Å². The van der Waals surface area contributed by atoms with Crippen LogP contribution in [0, 0.1) is 5.92 Å². The van der Waals surface area contributed by atoms with Crippen molar-refractivity contribution in [1.82, 2.24) is 0 Å². The van der Waals surface area contributed by atoms with E-state index in [4.69, 9.17) is 4.74 Å². The van der Waals surface area contributed by atoms with Crippen molar-refractivity contribution in [1.29, 1.82) is 0 Å². The van der Waals surface area contributed by atoms with Crippen molar-refractivity contribution in [3.8, 4) is 0 Å². The Hall–Kier alpha value is 0.180. The standard InChI is InChI=1S/C9H13BrO/c10-5-8-6-11-4-3-9(8)7-1-2-7/h7H,1-6H2. The molecule has 11 heavy (non-hydrogen) atoms. The van der Waals surface area contributed by atoms with Crippen LogP contribution in [0.25, 0.3) is 0 Å². The highest BCUT2D eigenvalue weighted by Crippen LogP contribution is 2.41. The van der Waals surface area contributed by atoms with Crippen molar-refractivity contribution in [2.75, 3.05) is 18.5 Å². The second-order valence-electron chi connectivity index (χ2n) is 3.34. The van der Waals surface area contributed by atoms with E-state index < -0.39 is 0 Å². The fourth-order valence-corrected chi connectivity index (χ4v) is 2.22. The quantitative estimate of drug-likeness (QED) is 0.510. The maximum absolute atomic E-state index is 5.39. The molecule has 0 atom stereocenters.